The molecule has 0 aliphatic carbocycles. The second-order valence-corrected chi connectivity index (χ2v) is 1.86. The number of methoxy groups -OCH3 is 1. The average Bonchev–Trinajstić information content (AvgIpc) is 2.58. The summed E-state index contributed by atoms with van der Waals surface area (Å²) in [7, 11) is 1.31. The number of aromatic amines is 1. The summed E-state index contributed by atoms with van der Waals surface area (Å²) in [5.41, 5.74) is 0. The van der Waals surface area contributed by atoms with Crippen LogP contribution in [0.15, 0.2) is 25.0 Å². The van der Waals surface area contributed by atoms with E-state index in [0.717, 1.165) is 12.2 Å². The molecule has 4 heteroatoms. The average molecular weight is 168 g/mol. The first-order valence-corrected chi connectivity index (χ1v) is 3.40. The van der Waals surface area contributed by atoms with Gasteiger partial charge in [0.2, 0.25) is 0 Å². The molecule has 0 fully saturated rings. The van der Waals surface area contributed by atoms with Gasteiger partial charge in [-0.25, -0.2) is 4.98 Å². The Kier molecular flexibility index (Phi) is 6.54. The molecule has 0 bridgehead atoms. The van der Waals surface area contributed by atoms with Crippen LogP contribution >= 0.6 is 0 Å². The van der Waals surface area contributed by atoms with Crippen molar-refractivity contribution in [3.05, 3.63) is 30.9 Å². The van der Waals surface area contributed by atoms with E-state index in [1.807, 2.05) is 6.08 Å². The molecule has 0 radical (unpaired) electrons. The van der Waals surface area contributed by atoms with E-state index in [1.54, 1.807) is 12.4 Å². The molecule has 1 heterocycles. The van der Waals surface area contributed by atoms with E-state index in [4.69, 9.17) is 4.79 Å². The molecule has 12 heavy (non-hydrogen) atoms. The SMILES string of the molecule is C=CCc1ncc[nH]1.COC=O. The Hall–Kier alpha value is -1.58. The fourth-order valence-electron chi connectivity index (χ4n) is 0.546. The fraction of sp³-hybridized carbons (Fsp3) is 0.250. The number of hydrogen-bond donors (Lipinski definition) is 1. The first-order chi connectivity index (χ1) is 5.85. The van der Waals surface area contributed by atoms with Gasteiger partial charge < -0.3 is 9.72 Å². The van der Waals surface area contributed by atoms with E-state index in [-0.39, 0.29) is 0 Å². The molecule has 0 aliphatic rings. The number of aromatic nitrogens is 2. The lowest BCUT2D eigenvalue weighted by molar-refractivity contribution is -0.126. The Bertz CT molecular complexity index is 207. The topological polar surface area (TPSA) is 55.0 Å². The molecule has 0 saturated heterocycles. The molecular formula is C8H12N2O2. The van der Waals surface area contributed by atoms with Crippen molar-refractivity contribution in [2.75, 3.05) is 7.11 Å². The predicted octanol–water partition coefficient (Wildman–Crippen LogP) is 0.927. The number of H-pyrrole nitrogens is 1. The molecule has 1 aromatic heterocycles. The summed E-state index contributed by atoms with van der Waals surface area (Å²) in [5.74, 6) is 0.972. The summed E-state index contributed by atoms with van der Waals surface area (Å²) in [4.78, 5) is 15.9. The van der Waals surface area contributed by atoms with E-state index in [1.165, 1.54) is 7.11 Å². The number of nitrogens with one attached hydrogen (secondary N) is 1. The molecule has 66 valence electrons. The third kappa shape index (κ3) is 5.22. The third-order valence-electron chi connectivity index (χ3n) is 0.989. The molecule has 0 unspecified atom stereocenters. The molecule has 1 aromatic rings. The highest BCUT2D eigenvalue weighted by atomic mass is 16.5. The molecule has 4 nitrogen and oxygen atoms in total. The molecule has 0 spiro atoms. The van der Waals surface area contributed by atoms with Crippen LogP contribution in [0.2, 0.25) is 0 Å². The van der Waals surface area contributed by atoms with Crippen LogP contribution in [0.1, 0.15) is 5.82 Å². The number of ether oxygens (including phenoxy) is 1. The Morgan fingerprint density at radius 1 is 1.83 bits per heavy atom. The number of imidazole rings is 1. The summed E-state index contributed by atoms with van der Waals surface area (Å²) in [6.45, 7) is 3.95. The van der Waals surface area contributed by atoms with Crippen molar-refractivity contribution in [2.24, 2.45) is 0 Å². The number of allylic oxidation sites excluding steroid dienone is 1. The van der Waals surface area contributed by atoms with Crippen LogP contribution in [0.4, 0.5) is 0 Å². The second kappa shape index (κ2) is 7.53. The molecule has 0 aromatic carbocycles. The van der Waals surface area contributed by atoms with Gasteiger partial charge in [0, 0.05) is 18.8 Å². The van der Waals surface area contributed by atoms with Gasteiger partial charge in [-0.15, -0.1) is 6.58 Å². The van der Waals surface area contributed by atoms with Gasteiger partial charge in [-0.05, 0) is 0 Å². The number of hydrogen-bond acceptors (Lipinski definition) is 3. The van der Waals surface area contributed by atoms with E-state index in [0.29, 0.717) is 6.47 Å². The van der Waals surface area contributed by atoms with E-state index < -0.39 is 0 Å². The Balaban J connectivity index is 0.000000261. The van der Waals surface area contributed by atoms with Crippen LogP contribution in [-0.4, -0.2) is 23.5 Å². The molecular weight excluding hydrogens is 156 g/mol. The maximum absolute atomic E-state index is 8.95. The number of nitrogens with zero attached hydrogens (tertiary/aromatic N) is 1. The van der Waals surface area contributed by atoms with E-state index in [9.17, 15) is 0 Å². The van der Waals surface area contributed by atoms with Crippen LogP contribution in [0.5, 0.6) is 0 Å². The van der Waals surface area contributed by atoms with Gasteiger partial charge in [0.15, 0.2) is 0 Å². The lowest BCUT2D eigenvalue weighted by atomic mass is 10.4. The smallest absolute Gasteiger partial charge is 0.292 e. The van der Waals surface area contributed by atoms with Crippen molar-refractivity contribution in [1.29, 1.82) is 0 Å². The minimum absolute atomic E-state index is 0.375. The van der Waals surface area contributed by atoms with Crippen LogP contribution in [0.25, 0.3) is 0 Å². The monoisotopic (exact) mass is 168 g/mol. The molecule has 1 rings (SSSR count). The van der Waals surface area contributed by atoms with Crippen molar-refractivity contribution >= 4 is 6.47 Å². The molecule has 0 aliphatic heterocycles. The maximum Gasteiger partial charge on any atom is 0.292 e. The zero-order valence-electron chi connectivity index (χ0n) is 6.99. The Morgan fingerprint density at radius 3 is 2.83 bits per heavy atom. The summed E-state index contributed by atoms with van der Waals surface area (Å²) >= 11 is 0. The van der Waals surface area contributed by atoms with E-state index >= 15 is 0 Å². The fourth-order valence-corrected chi connectivity index (χ4v) is 0.546. The highest BCUT2D eigenvalue weighted by molar-refractivity contribution is 5.36. The first kappa shape index (κ1) is 10.4. The zero-order chi connectivity index (χ0) is 9.23. The lowest BCUT2D eigenvalue weighted by Gasteiger charge is -1.82. The van der Waals surface area contributed by atoms with Crippen LogP contribution in [0.3, 0.4) is 0 Å². The minimum Gasteiger partial charge on any atom is -0.471 e. The van der Waals surface area contributed by atoms with Crippen molar-refractivity contribution in [3.8, 4) is 0 Å². The molecule has 1 N–H and O–H groups in total. The van der Waals surface area contributed by atoms with Gasteiger partial charge in [0.1, 0.15) is 5.82 Å². The van der Waals surface area contributed by atoms with Gasteiger partial charge in [0.05, 0.1) is 7.11 Å². The Morgan fingerprint density at radius 2 is 2.50 bits per heavy atom. The molecule has 0 amide bonds. The first-order valence-electron chi connectivity index (χ1n) is 3.40. The van der Waals surface area contributed by atoms with Crippen LogP contribution in [0, 0.1) is 0 Å². The largest absolute Gasteiger partial charge is 0.471 e. The van der Waals surface area contributed by atoms with Gasteiger partial charge >= 0.3 is 0 Å². The summed E-state index contributed by atoms with van der Waals surface area (Å²) in [6.07, 6.45) is 6.18. The van der Waals surface area contributed by atoms with Crippen LogP contribution in [-0.2, 0) is 16.0 Å². The predicted molar refractivity (Wildman–Crippen MR) is 45.6 cm³/mol. The van der Waals surface area contributed by atoms with E-state index in [2.05, 4.69) is 21.3 Å². The van der Waals surface area contributed by atoms with Crippen molar-refractivity contribution in [3.63, 3.8) is 0 Å². The van der Waals surface area contributed by atoms with Crippen LogP contribution < -0.4 is 0 Å². The standard InChI is InChI=1S/C6H8N2.C2H4O2/c1-2-3-6-7-4-5-8-6;1-4-2-3/h2,4-5H,1,3H2,(H,7,8);2H,1H3. The van der Waals surface area contributed by atoms with Gasteiger partial charge in [-0.3, -0.25) is 4.79 Å². The molecule has 0 saturated carbocycles. The summed E-state index contributed by atoms with van der Waals surface area (Å²) in [5, 5.41) is 0. The third-order valence-corrected chi connectivity index (χ3v) is 0.989. The van der Waals surface area contributed by atoms with Gasteiger partial charge in [-0.2, -0.15) is 0 Å². The quantitative estimate of drug-likeness (QED) is 0.539. The minimum atomic E-state index is 0.375. The highest BCUT2D eigenvalue weighted by Crippen LogP contribution is 1.88. The highest BCUT2D eigenvalue weighted by Gasteiger charge is 1.85. The zero-order valence-corrected chi connectivity index (χ0v) is 6.99. The van der Waals surface area contributed by atoms with Gasteiger partial charge in [-0.1, -0.05) is 6.08 Å². The van der Waals surface area contributed by atoms with Gasteiger partial charge in [0.25, 0.3) is 6.47 Å². The summed E-state index contributed by atoms with van der Waals surface area (Å²) < 4.78 is 3.86. The number of rotatable bonds is 3. The molecule has 0 atom stereocenters. The second-order valence-electron chi connectivity index (χ2n) is 1.86. The normalized spacial score (nSPS) is 7.75. The maximum atomic E-state index is 8.95. The van der Waals surface area contributed by atoms with Crippen molar-refractivity contribution < 1.29 is 9.53 Å². The number of carbonyl (C=O) groups is 1. The number of carbonyl (C=O) groups excluding carboxylic acids is 1. The Labute approximate surface area is 71.3 Å². The summed E-state index contributed by atoms with van der Waals surface area (Å²) in [6, 6.07) is 0. The van der Waals surface area contributed by atoms with Crippen molar-refractivity contribution in [1.82, 2.24) is 9.97 Å². The van der Waals surface area contributed by atoms with Crippen molar-refractivity contribution in [2.45, 2.75) is 6.42 Å². The lowest BCUT2D eigenvalue weighted by Crippen LogP contribution is -1.80.